The molecule has 3 rings (SSSR count). The van der Waals surface area contributed by atoms with Crippen molar-refractivity contribution >= 4 is 11.7 Å². The van der Waals surface area contributed by atoms with E-state index in [1.807, 2.05) is 34.8 Å². The number of hydrogen-bond acceptors (Lipinski definition) is 2. The van der Waals surface area contributed by atoms with Gasteiger partial charge in [-0.25, -0.2) is 4.79 Å². The highest BCUT2D eigenvalue weighted by Crippen LogP contribution is 2.29. The van der Waals surface area contributed by atoms with E-state index in [1.54, 1.807) is 24.3 Å². The van der Waals surface area contributed by atoms with E-state index in [2.05, 4.69) is 11.4 Å². The average Bonchev–Trinajstić information content (AvgIpc) is 3.28. The van der Waals surface area contributed by atoms with Crippen LogP contribution in [0.4, 0.5) is 10.5 Å². The summed E-state index contributed by atoms with van der Waals surface area (Å²) < 4.78 is 2.03. The summed E-state index contributed by atoms with van der Waals surface area (Å²) in [6.45, 7) is 0.595. The fourth-order valence-corrected chi connectivity index (χ4v) is 2.45. The molecule has 1 heterocycles. The second kappa shape index (κ2) is 5.94. The largest absolute Gasteiger partial charge is 0.353 e. The fraction of sp³-hybridized carbons (Fsp3) is 0.294. The lowest BCUT2D eigenvalue weighted by Crippen LogP contribution is -2.36. The molecule has 5 heteroatoms. The number of nitrogens with zero attached hydrogens (tertiary/aromatic N) is 3. The highest BCUT2D eigenvalue weighted by Gasteiger charge is 2.33. The Kier molecular flexibility index (Phi) is 3.84. The van der Waals surface area contributed by atoms with Crippen molar-refractivity contribution < 1.29 is 4.79 Å². The van der Waals surface area contributed by atoms with Gasteiger partial charge in [0.2, 0.25) is 0 Å². The molecule has 0 aliphatic heterocycles. The molecule has 0 spiro atoms. The Hall–Kier alpha value is -2.74. The van der Waals surface area contributed by atoms with Gasteiger partial charge in [0, 0.05) is 30.7 Å². The number of aryl methyl sites for hydroxylation is 1. The zero-order chi connectivity index (χ0) is 15.5. The van der Waals surface area contributed by atoms with E-state index < -0.39 is 0 Å². The summed E-state index contributed by atoms with van der Waals surface area (Å²) in [6, 6.07) is 13.3. The maximum Gasteiger partial charge on any atom is 0.322 e. The van der Waals surface area contributed by atoms with Gasteiger partial charge in [0.25, 0.3) is 0 Å². The van der Waals surface area contributed by atoms with E-state index in [-0.39, 0.29) is 6.03 Å². The molecule has 1 aromatic carbocycles. The number of nitrogens with one attached hydrogen (secondary N) is 1. The first-order valence-electron chi connectivity index (χ1n) is 7.35. The van der Waals surface area contributed by atoms with Crippen molar-refractivity contribution in [3.63, 3.8) is 0 Å². The molecule has 0 radical (unpaired) electrons. The Balaban J connectivity index is 1.73. The first-order chi connectivity index (χ1) is 10.7. The molecular weight excluding hydrogens is 276 g/mol. The predicted molar refractivity (Wildman–Crippen MR) is 84.2 cm³/mol. The molecule has 0 bridgehead atoms. The van der Waals surface area contributed by atoms with Crippen LogP contribution in [0.25, 0.3) is 0 Å². The molecule has 5 nitrogen and oxygen atoms in total. The minimum atomic E-state index is -0.112. The SMILES string of the molecule is Cn1cccc1CN(C(=O)Nc1cccc(C#N)c1)C1CC1. The first-order valence-corrected chi connectivity index (χ1v) is 7.35. The highest BCUT2D eigenvalue weighted by molar-refractivity contribution is 5.89. The standard InChI is InChI=1S/C17H18N4O/c1-20-9-3-6-16(20)12-21(15-7-8-15)17(22)19-14-5-2-4-13(10-14)11-18/h2-6,9-10,15H,7-8,12H2,1H3,(H,19,22). The van der Waals surface area contributed by atoms with Crippen LogP contribution in [-0.4, -0.2) is 21.5 Å². The van der Waals surface area contributed by atoms with Gasteiger partial charge in [-0.2, -0.15) is 5.26 Å². The van der Waals surface area contributed by atoms with Crippen molar-refractivity contribution in [1.29, 1.82) is 5.26 Å². The van der Waals surface area contributed by atoms with Crippen LogP contribution in [0.5, 0.6) is 0 Å². The Morgan fingerprint density at radius 1 is 1.41 bits per heavy atom. The lowest BCUT2D eigenvalue weighted by Gasteiger charge is -2.23. The van der Waals surface area contributed by atoms with Crippen molar-refractivity contribution in [3.05, 3.63) is 53.9 Å². The van der Waals surface area contributed by atoms with Crippen LogP contribution in [0.15, 0.2) is 42.6 Å². The summed E-state index contributed by atoms with van der Waals surface area (Å²) >= 11 is 0. The first kappa shape index (κ1) is 14.2. The van der Waals surface area contributed by atoms with Gasteiger partial charge in [-0.1, -0.05) is 6.07 Å². The quantitative estimate of drug-likeness (QED) is 0.942. The molecule has 2 aromatic rings. The van der Waals surface area contributed by atoms with Crippen LogP contribution in [0, 0.1) is 11.3 Å². The normalized spacial score (nSPS) is 13.5. The number of aromatic nitrogens is 1. The van der Waals surface area contributed by atoms with Gasteiger partial charge in [0.15, 0.2) is 0 Å². The third kappa shape index (κ3) is 3.12. The van der Waals surface area contributed by atoms with E-state index in [0.29, 0.717) is 23.8 Å². The molecule has 1 fully saturated rings. The lowest BCUT2D eigenvalue weighted by molar-refractivity contribution is 0.205. The Bertz CT molecular complexity index is 724. The van der Waals surface area contributed by atoms with Crippen molar-refractivity contribution in [3.8, 4) is 6.07 Å². The van der Waals surface area contributed by atoms with Gasteiger partial charge in [0.05, 0.1) is 18.2 Å². The Morgan fingerprint density at radius 3 is 2.86 bits per heavy atom. The average molecular weight is 294 g/mol. The van der Waals surface area contributed by atoms with Crippen LogP contribution in [0.1, 0.15) is 24.1 Å². The van der Waals surface area contributed by atoms with Gasteiger partial charge in [-0.15, -0.1) is 0 Å². The number of amides is 2. The highest BCUT2D eigenvalue weighted by atomic mass is 16.2. The smallest absolute Gasteiger partial charge is 0.322 e. The van der Waals surface area contributed by atoms with Gasteiger partial charge >= 0.3 is 6.03 Å². The number of urea groups is 1. The number of carbonyl (C=O) groups is 1. The third-order valence-corrected chi connectivity index (χ3v) is 3.88. The molecule has 22 heavy (non-hydrogen) atoms. The van der Waals surface area contributed by atoms with Gasteiger partial charge < -0.3 is 14.8 Å². The van der Waals surface area contributed by atoms with Gasteiger partial charge in [0.1, 0.15) is 0 Å². The third-order valence-electron chi connectivity index (χ3n) is 3.88. The number of anilines is 1. The minimum Gasteiger partial charge on any atom is -0.353 e. The molecule has 0 atom stereocenters. The van der Waals surface area contributed by atoms with Crippen LogP contribution < -0.4 is 5.32 Å². The van der Waals surface area contributed by atoms with Crippen molar-refractivity contribution in [1.82, 2.24) is 9.47 Å². The van der Waals surface area contributed by atoms with Crippen LogP contribution >= 0.6 is 0 Å². The number of carbonyl (C=O) groups excluding carboxylic acids is 1. The van der Waals surface area contributed by atoms with Gasteiger partial charge in [-0.3, -0.25) is 0 Å². The summed E-state index contributed by atoms with van der Waals surface area (Å²) in [5, 5.41) is 11.8. The maximum atomic E-state index is 12.6. The molecule has 1 aliphatic rings. The zero-order valence-electron chi connectivity index (χ0n) is 12.5. The monoisotopic (exact) mass is 294 g/mol. The van der Waals surface area contributed by atoms with Crippen LogP contribution in [-0.2, 0) is 13.6 Å². The van der Waals surface area contributed by atoms with Crippen LogP contribution in [0.3, 0.4) is 0 Å². The molecule has 1 aromatic heterocycles. The minimum absolute atomic E-state index is 0.112. The summed E-state index contributed by atoms with van der Waals surface area (Å²) in [7, 11) is 1.98. The number of benzene rings is 1. The van der Waals surface area contributed by atoms with Gasteiger partial charge in [-0.05, 0) is 43.2 Å². The number of nitriles is 1. The molecule has 0 saturated heterocycles. The van der Waals surface area contributed by atoms with E-state index >= 15 is 0 Å². The molecule has 0 unspecified atom stereocenters. The summed E-state index contributed by atoms with van der Waals surface area (Å²) in [5.74, 6) is 0. The summed E-state index contributed by atoms with van der Waals surface area (Å²) in [4.78, 5) is 14.4. The second-order valence-electron chi connectivity index (χ2n) is 5.59. The predicted octanol–water partition coefficient (Wildman–Crippen LogP) is 3.09. The Morgan fingerprint density at radius 2 is 2.23 bits per heavy atom. The lowest BCUT2D eigenvalue weighted by atomic mass is 10.2. The van der Waals surface area contributed by atoms with E-state index in [9.17, 15) is 4.79 Å². The van der Waals surface area contributed by atoms with Crippen molar-refractivity contribution in [2.24, 2.45) is 7.05 Å². The second-order valence-corrected chi connectivity index (χ2v) is 5.59. The molecule has 1 N–H and O–H groups in total. The maximum absolute atomic E-state index is 12.6. The Labute approximate surface area is 129 Å². The number of hydrogen-bond donors (Lipinski definition) is 1. The molecule has 1 aliphatic carbocycles. The summed E-state index contributed by atoms with van der Waals surface area (Å²) in [5.41, 5.74) is 2.30. The van der Waals surface area contributed by atoms with Crippen LogP contribution in [0.2, 0.25) is 0 Å². The topological polar surface area (TPSA) is 61.1 Å². The summed E-state index contributed by atoms with van der Waals surface area (Å²) in [6.07, 6.45) is 4.08. The molecule has 1 saturated carbocycles. The molecular formula is C17H18N4O. The van der Waals surface area contributed by atoms with Crippen molar-refractivity contribution in [2.45, 2.75) is 25.4 Å². The zero-order valence-corrected chi connectivity index (χ0v) is 12.5. The van der Waals surface area contributed by atoms with Crippen molar-refractivity contribution in [2.75, 3.05) is 5.32 Å². The molecule has 112 valence electrons. The number of rotatable bonds is 4. The van der Waals surface area contributed by atoms with E-state index in [1.165, 1.54) is 0 Å². The van der Waals surface area contributed by atoms with E-state index in [0.717, 1.165) is 18.5 Å². The molecule has 2 amide bonds. The fourth-order valence-electron chi connectivity index (χ4n) is 2.45. The van der Waals surface area contributed by atoms with E-state index in [4.69, 9.17) is 5.26 Å².